The molecular formula is C21H18FN5OS. The van der Waals surface area contributed by atoms with Gasteiger partial charge < -0.3 is 11.2 Å². The molecule has 0 fully saturated rings. The molecule has 0 unspecified atom stereocenters. The van der Waals surface area contributed by atoms with E-state index < -0.39 is 0 Å². The molecule has 0 atom stereocenters. The van der Waals surface area contributed by atoms with E-state index in [9.17, 15) is 9.18 Å². The van der Waals surface area contributed by atoms with Crippen molar-refractivity contribution in [2.75, 3.05) is 16.9 Å². The molecule has 1 amide bonds. The van der Waals surface area contributed by atoms with Crippen molar-refractivity contribution in [1.29, 1.82) is 0 Å². The Bertz CT molecular complexity index is 1150. The van der Waals surface area contributed by atoms with Gasteiger partial charge in [-0.1, -0.05) is 54.2 Å². The average molecular weight is 407 g/mol. The quantitative estimate of drug-likeness (QED) is 0.377. The molecule has 3 aromatic carbocycles. The molecule has 1 aromatic heterocycles. The van der Waals surface area contributed by atoms with Crippen LogP contribution in [0.5, 0.6) is 0 Å². The van der Waals surface area contributed by atoms with Crippen LogP contribution in [0.1, 0.15) is 11.4 Å². The zero-order valence-electron chi connectivity index (χ0n) is 15.4. The fourth-order valence-electron chi connectivity index (χ4n) is 3.00. The summed E-state index contributed by atoms with van der Waals surface area (Å²) in [5, 5.41) is 13.7. The van der Waals surface area contributed by atoms with E-state index in [0.717, 1.165) is 16.3 Å². The minimum atomic E-state index is -0.354. The average Bonchev–Trinajstić information content (AvgIpc) is 3.08. The summed E-state index contributed by atoms with van der Waals surface area (Å²) in [5.41, 5.74) is 1.63. The number of nitrogen functional groups attached to an aromatic ring is 1. The lowest BCUT2D eigenvalue weighted by Gasteiger charge is -2.07. The number of hydrogen-bond donors (Lipinski definition) is 2. The first-order valence-corrected chi connectivity index (χ1v) is 9.93. The second-order valence-corrected chi connectivity index (χ2v) is 7.37. The molecule has 29 heavy (non-hydrogen) atoms. The predicted molar refractivity (Wildman–Crippen MR) is 113 cm³/mol. The van der Waals surface area contributed by atoms with Crippen molar-refractivity contribution < 1.29 is 9.18 Å². The highest BCUT2D eigenvalue weighted by molar-refractivity contribution is 7.99. The third kappa shape index (κ3) is 4.38. The van der Waals surface area contributed by atoms with Gasteiger partial charge in [-0.2, -0.15) is 0 Å². The van der Waals surface area contributed by atoms with E-state index in [1.165, 1.54) is 40.7 Å². The third-order valence-corrected chi connectivity index (χ3v) is 5.37. The largest absolute Gasteiger partial charge is 0.336 e. The van der Waals surface area contributed by atoms with Crippen LogP contribution in [0.15, 0.2) is 71.9 Å². The topological polar surface area (TPSA) is 85.8 Å². The van der Waals surface area contributed by atoms with Crippen LogP contribution < -0.4 is 11.2 Å². The standard InChI is InChI=1S/C21H18FN5OS/c22-16-8-10-17(11-9-16)24-20(28)13-29-21-26-25-19(27(21)23)12-15-6-3-5-14-4-1-2-7-18(14)15/h1-11H,12-13,23H2,(H,24,28). The number of rotatable bonds is 6. The van der Waals surface area contributed by atoms with Gasteiger partial charge in [0.1, 0.15) is 5.82 Å². The molecule has 0 aliphatic heterocycles. The lowest BCUT2D eigenvalue weighted by atomic mass is 10.0. The van der Waals surface area contributed by atoms with Crippen LogP contribution >= 0.6 is 11.8 Å². The van der Waals surface area contributed by atoms with Gasteiger partial charge in [0.15, 0.2) is 5.82 Å². The van der Waals surface area contributed by atoms with Crippen LogP contribution in [-0.4, -0.2) is 26.5 Å². The molecule has 6 nitrogen and oxygen atoms in total. The molecule has 1 heterocycles. The number of nitrogens with two attached hydrogens (primary N) is 1. The number of nitrogens with one attached hydrogen (secondary N) is 1. The number of nitrogens with zero attached hydrogens (tertiary/aromatic N) is 3. The SMILES string of the molecule is Nn1c(Cc2cccc3ccccc23)nnc1SCC(=O)Nc1ccc(F)cc1. The minimum absolute atomic E-state index is 0.112. The summed E-state index contributed by atoms with van der Waals surface area (Å²) in [6, 6.07) is 19.8. The first-order valence-electron chi connectivity index (χ1n) is 8.94. The Morgan fingerprint density at radius 2 is 1.79 bits per heavy atom. The summed E-state index contributed by atoms with van der Waals surface area (Å²) in [6.45, 7) is 0. The monoisotopic (exact) mass is 407 g/mol. The van der Waals surface area contributed by atoms with Crippen molar-refractivity contribution in [2.24, 2.45) is 0 Å². The number of anilines is 1. The number of thioether (sulfide) groups is 1. The number of amides is 1. The maximum Gasteiger partial charge on any atom is 0.234 e. The maximum absolute atomic E-state index is 12.9. The van der Waals surface area contributed by atoms with Crippen LogP contribution in [-0.2, 0) is 11.2 Å². The van der Waals surface area contributed by atoms with Crippen molar-refractivity contribution in [3.05, 3.63) is 83.9 Å². The Morgan fingerprint density at radius 3 is 2.62 bits per heavy atom. The maximum atomic E-state index is 12.9. The van der Waals surface area contributed by atoms with Crippen LogP contribution in [0.4, 0.5) is 10.1 Å². The van der Waals surface area contributed by atoms with Gasteiger partial charge in [-0.25, -0.2) is 9.07 Å². The Balaban J connectivity index is 1.42. The van der Waals surface area contributed by atoms with Gasteiger partial charge in [0.25, 0.3) is 0 Å². The first-order chi connectivity index (χ1) is 14.1. The molecule has 4 rings (SSSR count). The zero-order valence-corrected chi connectivity index (χ0v) is 16.2. The Hall–Kier alpha value is -3.39. The van der Waals surface area contributed by atoms with Crippen molar-refractivity contribution in [1.82, 2.24) is 14.9 Å². The molecule has 0 aliphatic carbocycles. The first kappa shape index (κ1) is 18.9. The lowest BCUT2D eigenvalue weighted by molar-refractivity contribution is -0.113. The van der Waals surface area contributed by atoms with E-state index in [2.05, 4.69) is 33.7 Å². The van der Waals surface area contributed by atoms with E-state index in [1.54, 1.807) is 0 Å². The number of halogens is 1. The van der Waals surface area contributed by atoms with Gasteiger partial charge in [-0.05, 0) is 40.6 Å². The summed E-state index contributed by atoms with van der Waals surface area (Å²) in [4.78, 5) is 12.1. The highest BCUT2D eigenvalue weighted by Crippen LogP contribution is 2.22. The van der Waals surface area contributed by atoms with E-state index in [1.807, 2.05) is 24.3 Å². The van der Waals surface area contributed by atoms with Crippen molar-refractivity contribution in [2.45, 2.75) is 11.6 Å². The van der Waals surface area contributed by atoms with E-state index in [-0.39, 0.29) is 17.5 Å². The van der Waals surface area contributed by atoms with E-state index in [0.29, 0.717) is 23.1 Å². The molecule has 8 heteroatoms. The van der Waals surface area contributed by atoms with Gasteiger partial charge >= 0.3 is 0 Å². The van der Waals surface area contributed by atoms with Crippen molar-refractivity contribution >= 4 is 34.1 Å². The summed E-state index contributed by atoms with van der Waals surface area (Å²) in [6.07, 6.45) is 0.535. The second-order valence-electron chi connectivity index (χ2n) is 6.43. The smallest absolute Gasteiger partial charge is 0.234 e. The molecule has 4 aromatic rings. The fourth-order valence-corrected chi connectivity index (χ4v) is 3.68. The Labute approximate surface area is 170 Å². The van der Waals surface area contributed by atoms with Gasteiger partial charge in [0.05, 0.1) is 5.75 Å². The number of carbonyl (C=O) groups is 1. The number of aromatic nitrogens is 3. The van der Waals surface area contributed by atoms with Gasteiger partial charge in [-0.15, -0.1) is 10.2 Å². The summed E-state index contributed by atoms with van der Waals surface area (Å²) in [7, 11) is 0. The number of carbonyl (C=O) groups excluding carboxylic acids is 1. The third-order valence-electron chi connectivity index (χ3n) is 4.42. The fraction of sp³-hybridized carbons (Fsp3) is 0.0952. The Kier molecular flexibility index (Phi) is 5.44. The summed E-state index contributed by atoms with van der Waals surface area (Å²) in [5.74, 6) is 6.28. The number of hydrogen-bond acceptors (Lipinski definition) is 5. The van der Waals surface area contributed by atoms with Crippen molar-refractivity contribution in [3.63, 3.8) is 0 Å². The summed E-state index contributed by atoms with van der Waals surface area (Å²) >= 11 is 1.19. The predicted octanol–water partition coefficient (Wildman–Crippen LogP) is 3.61. The molecule has 0 saturated carbocycles. The Morgan fingerprint density at radius 1 is 1.03 bits per heavy atom. The van der Waals surface area contributed by atoms with E-state index >= 15 is 0 Å². The van der Waals surface area contributed by atoms with E-state index in [4.69, 9.17) is 5.84 Å². The van der Waals surface area contributed by atoms with Crippen LogP contribution in [0, 0.1) is 5.82 Å². The molecule has 146 valence electrons. The number of benzene rings is 3. The highest BCUT2D eigenvalue weighted by Gasteiger charge is 2.14. The molecule has 0 aliphatic rings. The van der Waals surface area contributed by atoms with Crippen LogP contribution in [0.25, 0.3) is 10.8 Å². The zero-order chi connectivity index (χ0) is 20.2. The normalized spacial score (nSPS) is 10.9. The molecular weight excluding hydrogens is 389 g/mol. The van der Waals surface area contributed by atoms with Crippen LogP contribution in [0.2, 0.25) is 0 Å². The highest BCUT2D eigenvalue weighted by atomic mass is 32.2. The molecule has 0 spiro atoms. The number of fused-ring (bicyclic) bond motifs is 1. The lowest BCUT2D eigenvalue weighted by Crippen LogP contribution is -2.17. The van der Waals surface area contributed by atoms with Crippen molar-refractivity contribution in [3.8, 4) is 0 Å². The molecule has 3 N–H and O–H groups in total. The van der Waals surface area contributed by atoms with Crippen LogP contribution in [0.3, 0.4) is 0 Å². The second kappa shape index (κ2) is 8.32. The molecule has 0 bridgehead atoms. The van der Waals surface area contributed by atoms with Gasteiger partial charge in [0.2, 0.25) is 11.1 Å². The minimum Gasteiger partial charge on any atom is -0.336 e. The van der Waals surface area contributed by atoms with Gasteiger partial charge in [0, 0.05) is 12.1 Å². The van der Waals surface area contributed by atoms with Gasteiger partial charge in [-0.3, -0.25) is 4.79 Å². The molecule has 0 saturated heterocycles. The molecule has 0 radical (unpaired) electrons. The summed E-state index contributed by atoms with van der Waals surface area (Å²) < 4.78 is 14.3.